The van der Waals surface area contributed by atoms with Gasteiger partial charge in [-0.3, -0.25) is 0 Å². The molecule has 28 heavy (non-hydrogen) atoms. The van der Waals surface area contributed by atoms with E-state index in [0.29, 0.717) is 31.0 Å². The van der Waals surface area contributed by atoms with Crippen molar-refractivity contribution in [3.8, 4) is 5.69 Å². The number of aromatic nitrogens is 2. The molecule has 3 aromatic rings. The van der Waals surface area contributed by atoms with E-state index in [0.717, 1.165) is 11.4 Å². The molecule has 1 aromatic heterocycles. The maximum Gasteiger partial charge on any atom is 0.191 e. The zero-order chi connectivity index (χ0) is 19.8. The monoisotopic (exact) mass is 383 g/mol. The third-order valence-corrected chi connectivity index (χ3v) is 4.12. The first-order valence-corrected chi connectivity index (χ1v) is 9.22. The summed E-state index contributed by atoms with van der Waals surface area (Å²) in [4.78, 5) is 4.43. The van der Waals surface area contributed by atoms with Crippen LogP contribution >= 0.6 is 0 Å². The molecule has 0 fully saturated rings. The molecular weight excluding hydrogens is 360 g/mol. The average Bonchev–Trinajstić information content (AvgIpc) is 3.16. The fourth-order valence-electron chi connectivity index (χ4n) is 2.67. The van der Waals surface area contributed by atoms with Gasteiger partial charge in [-0.1, -0.05) is 18.2 Å². The molecular formula is C21H23F2N5. The first-order valence-electron chi connectivity index (χ1n) is 9.22. The van der Waals surface area contributed by atoms with Gasteiger partial charge in [0.2, 0.25) is 0 Å². The fourth-order valence-corrected chi connectivity index (χ4v) is 2.67. The average molecular weight is 383 g/mol. The highest BCUT2D eigenvalue weighted by Gasteiger charge is 2.04. The molecule has 0 bridgehead atoms. The largest absolute Gasteiger partial charge is 0.357 e. The lowest BCUT2D eigenvalue weighted by Crippen LogP contribution is -2.38. The highest BCUT2D eigenvalue weighted by atomic mass is 19.1. The fraction of sp³-hybridized carbons (Fsp3) is 0.238. The predicted octanol–water partition coefficient (Wildman–Crippen LogP) is 3.45. The van der Waals surface area contributed by atoms with Crippen molar-refractivity contribution in [3.05, 3.63) is 83.7 Å². The van der Waals surface area contributed by atoms with E-state index < -0.39 is 0 Å². The molecule has 2 N–H and O–H groups in total. The molecule has 0 aliphatic rings. The summed E-state index contributed by atoms with van der Waals surface area (Å²) in [6, 6.07) is 14.7. The van der Waals surface area contributed by atoms with E-state index in [4.69, 9.17) is 0 Å². The number of nitrogens with one attached hydrogen (secondary N) is 2. The smallest absolute Gasteiger partial charge is 0.191 e. The predicted molar refractivity (Wildman–Crippen MR) is 106 cm³/mol. The lowest BCUT2D eigenvalue weighted by molar-refractivity contribution is 0.610. The van der Waals surface area contributed by atoms with Crippen LogP contribution in [0.4, 0.5) is 8.78 Å². The van der Waals surface area contributed by atoms with Crippen LogP contribution in [0.25, 0.3) is 5.69 Å². The molecule has 0 atom stereocenters. The Morgan fingerprint density at radius 3 is 2.57 bits per heavy atom. The molecule has 0 saturated heterocycles. The molecule has 2 aromatic carbocycles. The normalized spacial score (nSPS) is 11.5. The van der Waals surface area contributed by atoms with Gasteiger partial charge in [-0.2, -0.15) is 5.10 Å². The molecule has 7 heteroatoms. The van der Waals surface area contributed by atoms with Gasteiger partial charge < -0.3 is 10.6 Å². The van der Waals surface area contributed by atoms with Crippen molar-refractivity contribution >= 4 is 5.96 Å². The van der Waals surface area contributed by atoms with E-state index >= 15 is 0 Å². The maximum absolute atomic E-state index is 13.7. The van der Waals surface area contributed by atoms with Gasteiger partial charge in [-0.05, 0) is 43.3 Å². The Balaban J connectivity index is 1.55. The Kier molecular flexibility index (Phi) is 6.73. The minimum Gasteiger partial charge on any atom is -0.357 e. The summed E-state index contributed by atoms with van der Waals surface area (Å²) >= 11 is 0. The maximum atomic E-state index is 13.7. The molecule has 0 unspecified atom stereocenters. The third kappa shape index (κ3) is 5.39. The van der Waals surface area contributed by atoms with Crippen LogP contribution in [0, 0.1) is 11.6 Å². The molecule has 0 radical (unpaired) electrons. The lowest BCUT2D eigenvalue weighted by Gasteiger charge is -2.11. The summed E-state index contributed by atoms with van der Waals surface area (Å²) in [5, 5.41) is 10.9. The van der Waals surface area contributed by atoms with Gasteiger partial charge >= 0.3 is 0 Å². The zero-order valence-corrected chi connectivity index (χ0v) is 15.7. The first-order chi connectivity index (χ1) is 13.7. The topological polar surface area (TPSA) is 54.2 Å². The molecule has 5 nitrogen and oxygen atoms in total. The Labute approximate surface area is 163 Å². The summed E-state index contributed by atoms with van der Waals surface area (Å²) in [5.41, 5.74) is 2.26. The van der Waals surface area contributed by atoms with Crippen LogP contribution in [-0.2, 0) is 13.0 Å². The van der Waals surface area contributed by atoms with Crippen molar-refractivity contribution in [2.75, 3.05) is 13.1 Å². The number of hydrogen-bond donors (Lipinski definition) is 2. The van der Waals surface area contributed by atoms with Gasteiger partial charge in [0.05, 0.1) is 17.9 Å². The van der Waals surface area contributed by atoms with Crippen molar-refractivity contribution in [3.63, 3.8) is 0 Å². The number of benzene rings is 2. The molecule has 0 aliphatic carbocycles. The Morgan fingerprint density at radius 2 is 1.82 bits per heavy atom. The van der Waals surface area contributed by atoms with E-state index in [1.165, 1.54) is 18.2 Å². The summed E-state index contributed by atoms with van der Waals surface area (Å²) in [5.74, 6) is 0.100. The van der Waals surface area contributed by atoms with Crippen molar-refractivity contribution in [2.24, 2.45) is 4.99 Å². The zero-order valence-electron chi connectivity index (χ0n) is 15.7. The molecule has 146 valence electrons. The Hall–Kier alpha value is -3.22. The van der Waals surface area contributed by atoms with Crippen LogP contribution in [0.1, 0.15) is 18.2 Å². The number of aliphatic imine (C=N–C) groups is 1. The van der Waals surface area contributed by atoms with Crippen LogP contribution in [0.3, 0.4) is 0 Å². The van der Waals surface area contributed by atoms with Gasteiger partial charge in [0, 0.05) is 31.3 Å². The molecule has 3 rings (SSSR count). The van der Waals surface area contributed by atoms with Crippen LogP contribution in [0.15, 0.2) is 65.8 Å². The van der Waals surface area contributed by atoms with Crippen molar-refractivity contribution in [1.29, 1.82) is 0 Å². The second-order valence-corrected chi connectivity index (χ2v) is 6.19. The number of rotatable bonds is 7. The SMILES string of the molecule is CCNC(=NCc1ccccc1F)NCCc1ccn(-c2ccc(F)cc2)n1. The Bertz CT molecular complexity index is 919. The lowest BCUT2D eigenvalue weighted by atomic mass is 10.2. The highest BCUT2D eigenvalue weighted by Crippen LogP contribution is 2.09. The van der Waals surface area contributed by atoms with Gasteiger partial charge in [0.25, 0.3) is 0 Å². The van der Waals surface area contributed by atoms with E-state index in [-0.39, 0.29) is 18.2 Å². The van der Waals surface area contributed by atoms with E-state index in [1.54, 1.807) is 35.0 Å². The van der Waals surface area contributed by atoms with Crippen LogP contribution in [0.2, 0.25) is 0 Å². The number of nitrogens with zero attached hydrogens (tertiary/aromatic N) is 3. The molecule has 0 aliphatic heterocycles. The van der Waals surface area contributed by atoms with Gasteiger partial charge in [-0.25, -0.2) is 18.5 Å². The van der Waals surface area contributed by atoms with Gasteiger partial charge in [0.1, 0.15) is 11.6 Å². The molecule has 1 heterocycles. The van der Waals surface area contributed by atoms with E-state index in [2.05, 4.69) is 20.7 Å². The highest BCUT2D eigenvalue weighted by molar-refractivity contribution is 5.79. The van der Waals surface area contributed by atoms with Gasteiger partial charge in [-0.15, -0.1) is 0 Å². The third-order valence-electron chi connectivity index (χ3n) is 4.12. The summed E-state index contributed by atoms with van der Waals surface area (Å²) in [6.45, 7) is 3.58. The number of hydrogen-bond acceptors (Lipinski definition) is 2. The Morgan fingerprint density at radius 1 is 1.04 bits per heavy atom. The summed E-state index contributed by atoms with van der Waals surface area (Å²) in [7, 11) is 0. The van der Waals surface area contributed by atoms with Crippen LogP contribution < -0.4 is 10.6 Å². The molecule has 0 amide bonds. The van der Waals surface area contributed by atoms with Gasteiger partial charge in [0.15, 0.2) is 5.96 Å². The second-order valence-electron chi connectivity index (χ2n) is 6.19. The van der Waals surface area contributed by atoms with Crippen LogP contribution in [0.5, 0.6) is 0 Å². The second kappa shape index (κ2) is 9.64. The van der Waals surface area contributed by atoms with Crippen molar-refractivity contribution < 1.29 is 8.78 Å². The minimum atomic E-state index is -0.272. The van der Waals surface area contributed by atoms with Crippen LogP contribution in [-0.4, -0.2) is 28.8 Å². The first kappa shape index (κ1) is 19.5. The summed E-state index contributed by atoms with van der Waals surface area (Å²) < 4.78 is 28.5. The van der Waals surface area contributed by atoms with E-state index in [9.17, 15) is 8.78 Å². The van der Waals surface area contributed by atoms with E-state index in [1.807, 2.05) is 19.2 Å². The molecule has 0 spiro atoms. The van der Waals surface area contributed by atoms with Crippen molar-refractivity contribution in [2.45, 2.75) is 19.9 Å². The minimum absolute atomic E-state index is 0.256. The molecule has 0 saturated carbocycles. The quantitative estimate of drug-likeness (QED) is 0.485. The van der Waals surface area contributed by atoms with Crippen molar-refractivity contribution in [1.82, 2.24) is 20.4 Å². The standard InChI is InChI=1S/C21H23F2N5/c1-2-24-21(26-15-16-5-3-4-6-20(16)23)25-13-11-18-12-14-28(27-18)19-9-7-17(22)8-10-19/h3-10,12,14H,2,11,13,15H2,1H3,(H2,24,25,26). The summed E-state index contributed by atoms with van der Waals surface area (Å²) in [6.07, 6.45) is 2.54. The number of guanidine groups is 1. The number of halogens is 2.